The van der Waals surface area contributed by atoms with Gasteiger partial charge in [-0.2, -0.15) is 0 Å². The maximum Gasteiger partial charge on any atom is 0.410 e. The molecule has 3 aliphatic heterocycles. The topological polar surface area (TPSA) is 333 Å². The highest BCUT2D eigenvalue weighted by Gasteiger charge is 2.27. The minimum Gasteiger partial charge on any atom is -0.445 e. The lowest BCUT2D eigenvalue weighted by Gasteiger charge is -2.28. The molecule has 4 aromatic rings. The lowest BCUT2D eigenvalue weighted by atomic mass is 10.0. The van der Waals surface area contributed by atoms with Gasteiger partial charge in [0.25, 0.3) is 17.7 Å². The van der Waals surface area contributed by atoms with Crippen molar-refractivity contribution in [2.75, 3.05) is 63.1 Å². The minimum absolute atomic E-state index is 0.0696. The molecule has 0 saturated carbocycles. The Morgan fingerprint density at radius 1 is 0.790 bits per heavy atom. The van der Waals surface area contributed by atoms with Gasteiger partial charge in [-0.15, -0.1) is 0 Å². The van der Waals surface area contributed by atoms with E-state index in [1.807, 2.05) is 6.92 Å². The number of ether oxygens (including phenoxy) is 1. The fourth-order valence-corrected chi connectivity index (χ4v) is 8.86. The molecule has 3 aliphatic rings. The van der Waals surface area contributed by atoms with Gasteiger partial charge < -0.3 is 57.3 Å². The molecule has 1 aromatic heterocycles. The zero-order valence-electron chi connectivity index (χ0n) is 44.7. The van der Waals surface area contributed by atoms with Gasteiger partial charge in [0.15, 0.2) is 0 Å². The van der Waals surface area contributed by atoms with Crippen molar-refractivity contribution in [2.24, 2.45) is 10.7 Å². The van der Waals surface area contributed by atoms with Crippen molar-refractivity contribution >= 4 is 88.2 Å². The van der Waals surface area contributed by atoms with Crippen molar-refractivity contribution in [3.05, 3.63) is 136 Å². The molecule has 7 rings (SSSR count). The van der Waals surface area contributed by atoms with Crippen molar-refractivity contribution in [1.29, 1.82) is 0 Å². The number of nitrogens with zero attached hydrogens (tertiary/aromatic N) is 5. The van der Waals surface area contributed by atoms with Crippen molar-refractivity contribution in [3.8, 4) is 0 Å². The average molecular weight is 1110 g/mol. The lowest BCUT2D eigenvalue weighted by molar-refractivity contribution is -0.137. The largest absolute Gasteiger partial charge is 0.445 e. The van der Waals surface area contributed by atoms with Gasteiger partial charge in [0.1, 0.15) is 18.5 Å². The van der Waals surface area contributed by atoms with Gasteiger partial charge in [-0.05, 0) is 72.9 Å². The molecular formula is C57H64N12O12. The molecule has 4 heterocycles. The van der Waals surface area contributed by atoms with Crippen LogP contribution in [0.15, 0.2) is 108 Å². The van der Waals surface area contributed by atoms with Crippen LogP contribution in [0.1, 0.15) is 77.3 Å². The van der Waals surface area contributed by atoms with E-state index in [9.17, 15) is 53.1 Å². The molecule has 0 bridgehead atoms. The maximum absolute atomic E-state index is 13.4. The Balaban J connectivity index is 0.805. The highest BCUT2D eigenvalue weighted by Crippen LogP contribution is 2.29. The van der Waals surface area contributed by atoms with E-state index in [1.54, 1.807) is 91.1 Å². The summed E-state index contributed by atoms with van der Waals surface area (Å²) in [5.41, 5.74) is 11.6. The number of rotatable bonds is 25. The number of carbonyl (C=O) groups excluding carboxylic acids is 10. The number of amidine groups is 1. The quantitative estimate of drug-likeness (QED) is 0.0349. The first-order valence-corrected chi connectivity index (χ1v) is 26.4. The second-order valence-electron chi connectivity index (χ2n) is 19.1. The Kier molecular flexibility index (Phi) is 21.1. The molecule has 9 N–H and O–H groups in total. The summed E-state index contributed by atoms with van der Waals surface area (Å²) in [7, 11) is 0. The van der Waals surface area contributed by atoms with Crippen LogP contribution in [-0.4, -0.2) is 148 Å². The molecule has 424 valence electrons. The number of likely N-dealkylation sites (N-methyl/N-ethyl adjacent to an activating group) is 1. The van der Waals surface area contributed by atoms with Crippen molar-refractivity contribution < 1.29 is 57.8 Å². The minimum atomic E-state index is -1.11. The van der Waals surface area contributed by atoms with Crippen LogP contribution in [0.4, 0.5) is 21.9 Å². The third kappa shape index (κ3) is 17.5. The van der Waals surface area contributed by atoms with E-state index in [0.29, 0.717) is 78.1 Å². The highest BCUT2D eigenvalue weighted by molar-refractivity contribution is 6.13. The number of hydrogen-bond acceptors (Lipinski definition) is 15. The molecule has 24 nitrogen and oxygen atoms in total. The van der Waals surface area contributed by atoms with E-state index in [0.717, 1.165) is 21.7 Å². The number of aliphatic hydroxyl groups is 1. The summed E-state index contributed by atoms with van der Waals surface area (Å²) in [6, 6.07) is 20.9. The van der Waals surface area contributed by atoms with E-state index in [2.05, 4.69) is 41.9 Å². The average Bonchev–Trinajstić information content (AvgIpc) is 3.70. The monoisotopic (exact) mass is 1110 g/mol. The van der Waals surface area contributed by atoms with Crippen LogP contribution in [0.25, 0.3) is 6.08 Å². The summed E-state index contributed by atoms with van der Waals surface area (Å²) in [4.78, 5) is 140. The Bertz CT molecular complexity index is 3110. The Morgan fingerprint density at radius 3 is 2.26 bits per heavy atom. The first-order valence-electron chi connectivity index (χ1n) is 26.4. The van der Waals surface area contributed by atoms with E-state index in [-0.39, 0.29) is 75.7 Å². The number of aliphatic imine (C=N–C) groups is 1. The Labute approximate surface area is 466 Å². The Hall–Kier alpha value is -9.58. The number of nitrogens with one attached hydrogen (secondary N) is 6. The molecule has 0 fully saturated rings. The van der Waals surface area contributed by atoms with Crippen LogP contribution in [0.2, 0.25) is 0 Å². The fraction of sp³-hybridized carbons (Fsp3) is 0.333. The summed E-state index contributed by atoms with van der Waals surface area (Å²) >= 11 is 0. The first kappa shape index (κ1) is 59.1. The van der Waals surface area contributed by atoms with Crippen LogP contribution in [0.5, 0.6) is 0 Å². The van der Waals surface area contributed by atoms with Gasteiger partial charge in [0, 0.05) is 92.1 Å². The molecule has 10 amide bonds. The highest BCUT2D eigenvalue weighted by atomic mass is 16.6. The van der Waals surface area contributed by atoms with E-state index >= 15 is 0 Å². The summed E-state index contributed by atoms with van der Waals surface area (Å²) in [5, 5.41) is 25.0. The molecule has 0 aliphatic carbocycles. The smallest absolute Gasteiger partial charge is 0.410 e. The van der Waals surface area contributed by atoms with Crippen LogP contribution in [-0.2, 0) is 69.1 Å². The third-order valence-corrected chi connectivity index (χ3v) is 13.2. The first-order chi connectivity index (χ1) is 39.0. The molecular weight excluding hydrogens is 1040 g/mol. The van der Waals surface area contributed by atoms with Gasteiger partial charge in [0.05, 0.1) is 50.4 Å². The molecule has 0 spiro atoms. The van der Waals surface area contributed by atoms with Crippen LogP contribution >= 0.6 is 0 Å². The van der Waals surface area contributed by atoms with Gasteiger partial charge in [-0.1, -0.05) is 55.0 Å². The number of carbonyl (C=O) groups is 10. The van der Waals surface area contributed by atoms with Crippen LogP contribution in [0.3, 0.4) is 0 Å². The summed E-state index contributed by atoms with van der Waals surface area (Å²) < 4.78 is 5.61. The van der Waals surface area contributed by atoms with Gasteiger partial charge in [0.2, 0.25) is 35.4 Å². The maximum atomic E-state index is 13.4. The zero-order chi connectivity index (χ0) is 57.8. The van der Waals surface area contributed by atoms with Crippen LogP contribution in [0, 0.1) is 0 Å². The molecule has 0 radical (unpaired) electrons. The number of imide groups is 1. The van der Waals surface area contributed by atoms with E-state index < -0.39 is 67.2 Å². The van der Waals surface area contributed by atoms with Crippen LogP contribution < -0.4 is 37.6 Å². The fourth-order valence-electron chi connectivity index (χ4n) is 8.86. The molecule has 3 aromatic carbocycles. The number of amides is 10. The second kappa shape index (κ2) is 28.9. The number of pyridine rings is 1. The van der Waals surface area contributed by atoms with Crippen molar-refractivity contribution in [1.82, 2.24) is 41.0 Å². The number of unbranched alkanes of at least 4 members (excludes halogenated alkanes) is 2. The van der Waals surface area contributed by atoms with E-state index in [1.165, 1.54) is 22.0 Å². The number of aliphatic hydroxyl groups excluding tert-OH is 1. The molecule has 81 heavy (non-hydrogen) atoms. The normalized spacial score (nSPS) is 13.8. The predicted octanol–water partition coefficient (Wildman–Crippen LogP) is 2.15. The summed E-state index contributed by atoms with van der Waals surface area (Å²) in [5.74, 6) is -4.15. The zero-order valence-corrected chi connectivity index (χ0v) is 44.7. The number of aromatic nitrogens is 1. The lowest BCUT2D eigenvalue weighted by Crippen LogP contribution is -2.52. The predicted molar refractivity (Wildman–Crippen MR) is 297 cm³/mol. The van der Waals surface area contributed by atoms with Crippen molar-refractivity contribution in [3.63, 3.8) is 0 Å². The number of benzene rings is 3. The third-order valence-electron chi connectivity index (χ3n) is 13.2. The number of anilines is 2. The van der Waals surface area contributed by atoms with Gasteiger partial charge in [-0.25, -0.2) is 9.79 Å². The van der Waals surface area contributed by atoms with E-state index in [4.69, 9.17) is 10.5 Å². The molecule has 0 unspecified atom stereocenters. The van der Waals surface area contributed by atoms with Crippen molar-refractivity contribution in [2.45, 2.75) is 71.1 Å². The standard InChI is InChI=1S/C57H64N12O12/c1-2-67(23-24-70)56(79)40-26-38-14-15-39(28-45(38)65-47(58)29-40)54(77)64-43-27-41-34-68(22-20-44(41)59-30-43)57(80)81-35-37-12-16-42(17-13-37)63-50(73)32-61-49(72)31-62-55(78)46(25-36-9-5-3-6-10-36)66-51(74)33-60-48(71)11-7-4-8-21-69-52(75)18-19-53(69)76/h3,5-6,9-10,12-19,26-28,30,46,70H,2,4,7-8,11,20-25,29,31-35H2,1H3,(H2,58,65)(H,60,71)(H,61,72)(H,62,78)(H,63,73)(H,64,77)(H,66,74)/t46-/m0/s1. The number of hydrogen-bond donors (Lipinski definition) is 8. The summed E-state index contributed by atoms with van der Waals surface area (Å²) in [6.45, 7) is 1.63. The van der Waals surface area contributed by atoms with Gasteiger partial charge in [-0.3, -0.25) is 53.0 Å². The summed E-state index contributed by atoms with van der Waals surface area (Å²) in [6.07, 6.45) is 7.43. The molecule has 24 heteroatoms. The van der Waals surface area contributed by atoms with Gasteiger partial charge >= 0.3 is 6.09 Å². The second-order valence-corrected chi connectivity index (χ2v) is 19.1. The number of fused-ring (bicyclic) bond motifs is 2. The molecule has 1 atom stereocenters. The molecule has 0 saturated heterocycles. The number of nitrogens with two attached hydrogens (primary N) is 1. The SMILES string of the molecule is CCN(CCO)C(=O)C1=Cc2ccc(C(=O)Nc3cnc4c(c3)CN(C(=O)OCc3ccc(NC(=O)CNC(=O)CNC(=O)[C@H](Cc5ccccc5)NC(=O)CNC(=O)CCCCCN5C(=O)C=CC5=O)cc3)CC4)cc2N=C(N)C1. The Morgan fingerprint density at radius 2 is 1.52 bits per heavy atom.